The maximum Gasteiger partial charge on any atom is 0.243 e. The van der Waals surface area contributed by atoms with E-state index in [9.17, 15) is 17.9 Å². The Labute approximate surface area is 119 Å². The molecule has 1 saturated carbocycles. The number of benzene rings is 1. The van der Waals surface area contributed by atoms with Crippen molar-refractivity contribution in [2.75, 3.05) is 0 Å². The Morgan fingerprint density at radius 3 is 2.70 bits per heavy atom. The van der Waals surface area contributed by atoms with Gasteiger partial charge in [-0.2, -0.15) is 0 Å². The standard InChI is InChI=1S/C14H20FNO3S/c1-10-7-8-11(15)14(9-10)20(18,19)16-12-5-3-2-4-6-13(12)17/h7-9,12-13,16-17H,2-6H2,1H3. The normalized spacial score (nSPS) is 24.4. The highest BCUT2D eigenvalue weighted by molar-refractivity contribution is 7.89. The van der Waals surface area contributed by atoms with Gasteiger partial charge in [0, 0.05) is 6.04 Å². The zero-order valence-corrected chi connectivity index (χ0v) is 12.3. The minimum absolute atomic E-state index is 0.353. The van der Waals surface area contributed by atoms with Crippen LogP contribution in [0.2, 0.25) is 0 Å². The monoisotopic (exact) mass is 301 g/mol. The summed E-state index contributed by atoms with van der Waals surface area (Å²) in [6, 6.07) is 3.44. The zero-order valence-electron chi connectivity index (χ0n) is 11.5. The third-order valence-electron chi connectivity index (χ3n) is 3.66. The average molecular weight is 301 g/mol. The van der Waals surface area contributed by atoms with Gasteiger partial charge in [-0.3, -0.25) is 0 Å². The summed E-state index contributed by atoms with van der Waals surface area (Å²) in [5.41, 5.74) is 0.674. The molecule has 2 rings (SSSR count). The van der Waals surface area contributed by atoms with E-state index in [1.165, 1.54) is 12.1 Å². The van der Waals surface area contributed by atoms with Crippen molar-refractivity contribution in [3.63, 3.8) is 0 Å². The first-order valence-corrected chi connectivity index (χ1v) is 8.35. The van der Waals surface area contributed by atoms with E-state index in [-0.39, 0.29) is 4.90 Å². The molecule has 1 aromatic carbocycles. The number of aryl methyl sites for hydroxylation is 1. The van der Waals surface area contributed by atoms with Crippen molar-refractivity contribution in [3.05, 3.63) is 29.6 Å². The highest BCUT2D eigenvalue weighted by Crippen LogP contribution is 2.22. The van der Waals surface area contributed by atoms with E-state index in [0.29, 0.717) is 18.4 Å². The molecule has 0 spiro atoms. The first-order valence-electron chi connectivity index (χ1n) is 6.87. The smallest absolute Gasteiger partial charge is 0.243 e. The maximum atomic E-state index is 13.7. The van der Waals surface area contributed by atoms with Crippen molar-refractivity contribution in [2.45, 2.75) is 56.1 Å². The molecule has 0 aromatic heterocycles. The van der Waals surface area contributed by atoms with Crippen LogP contribution < -0.4 is 4.72 Å². The van der Waals surface area contributed by atoms with Gasteiger partial charge in [0.25, 0.3) is 0 Å². The van der Waals surface area contributed by atoms with Crippen LogP contribution in [0.4, 0.5) is 4.39 Å². The van der Waals surface area contributed by atoms with Gasteiger partial charge in [-0.25, -0.2) is 17.5 Å². The molecule has 2 N–H and O–H groups in total. The number of aliphatic hydroxyl groups excluding tert-OH is 1. The van der Waals surface area contributed by atoms with Gasteiger partial charge in [-0.1, -0.05) is 25.3 Å². The Balaban J connectivity index is 2.24. The number of rotatable bonds is 3. The summed E-state index contributed by atoms with van der Waals surface area (Å²) in [6.07, 6.45) is 3.17. The van der Waals surface area contributed by atoms with Crippen molar-refractivity contribution in [1.29, 1.82) is 0 Å². The van der Waals surface area contributed by atoms with E-state index in [1.54, 1.807) is 6.92 Å². The quantitative estimate of drug-likeness (QED) is 0.840. The minimum atomic E-state index is -3.95. The summed E-state index contributed by atoms with van der Waals surface area (Å²) in [5.74, 6) is -0.772. The lowest BCUT2D eigenvalue weighted by molar-refractivity contribution is 0.130. The Morgan fingerprint density at radius 2 is 1.95 bits per heavy atom. The molecule has 1 aliphatic rings. The third-order valence-corrected chi connectivity index (χ3v) is 5.17. The van der Waals surface area contributed by atoms with Crippen molar-refractivity contribution in [1.82, 2.24) is 4.72 Å². The molecule has 20 heavy (non-hydrogen) atoms. The Morgan fingerprint density at radius 1 is 1.25 bits per heavy atom. The second-order valence-electron chi connectivity index (χ2n) is 5.37. The van der Waals surface area contributed by atoms with Crippen molar-refractivity contribution in [2.24, 2.45) is 0 Å². The van der Waals surface area contributed by atoms with E-state index < -0.39 is 28.0 Å². The predicted molar refractivity (Wildman–Crippen MR) is 74.3 cm³/mol. The summed E-state index contributed by atoms with van der Waals surface area (Å²) in [5, 5.41) is 9.96. The number of halogens is 1. The molecule has 4 nitrogen and oxygen atoms in total. The molecule has 0 bridgehead atoms. The van der Waals surface area contributed by atoms with Gasteiger partial charge in [0.1, 0.15) is 10.7 Å². The molecule has 1 aromatic rings. The second-order valence-corrected chi connectivity index (χ2v) is 7.05. The number of hydrogen-bond donors (Lipinski definition) is 2. The molecule has 112 valence electrons. The van der Waals surface area contributed by atoms with Crippen LogP contribution in [0.3, 0.4) is 0 Å². The topological polar surface area (TPSA) is 66.4 Å². The van der Waals surface area contributed by atoms with Crippen LogP contribution in [0.25, 0.3) is 0 Å². The van der Waals surface area contributed by atoms with Gasteiger partial charge in [0.2, 0.25) is 10.0 Å². The Hall–Kier alpha value is -0.980. The summed E-state index contributed by atoms with van der Waals surface area (Å²) in [4.78, 5) is -0.353. The van der Waals surface area contributed by atoms with E-state index in [2.05, 4.69) is 4.72 Å². The molecule has 6 heteroatoms. The van der Waals surface area contributed by atoms with E-state index in [4.69, 9.17) is 0 Å². The SMILES string of the molecule is Cc1ccc(F)c(S(=O)(=O)NC2CCCCCC2O)c1. The summed E-state index contributed by atoms with van der Waals surface area (Å²) in [7, 11) is -3.95. The largest absolute Gasteiger partial charge is 0.391 e. The first-order chi connectivity index (χ1) is 9.40. The van der Waals surface area contributed by atoms with E-state index in [0.717, 1.165) is 25.3 Å². The molecule has 0 heterocycles. The van der Waals surface area contributed by atoms with Crippen molar-refractivity contribution < 1.29 is 17.9 Å². The van der Waals surface area contributed by atoms with Gasteiger partial charge in [0.05, 0.1) is 6.10 Å². The van der Waals surface area contributed by atoms with Gasteiger partial charge in [-0.05, 0) is 37.5 Å². The van der Waals surface area contributed by atoms with Gasteiger partial charge in [0.15, 0.2) is 0 Å². The number of sulfonamides is 1. The van der Waals surface area contributed by atoms with Crippen LogP contribution in [-0.4, -0.2) is 25.7 Å². The number of hydrogen-bond acceptors (Lipinski definition) is 3. The zero-order chi connectivity index (χ0) is 14.8. The molecule has 0 radical (unpaired) electrons. The fourth-order valence-electron chi connectivity index (χ4n) is 2.50. The predicted octanol–water partition coefficient (Wildman–Crippen LogP) is 2.11. The lowest BCUT2D eigenvalue weighted by Gasteiger charge is -2.21. The van der Waals surface area contributed by atoms with Crippen molar-refractivity contribution >= 4 is 10.0 Å². The van der Waals surface area contributed by atoms with Crippen molar-refractivity contribution in [3.8, 4) is 0 Å². The lowest BCUT2D eigenvalue weighted by atomic mass is 10.1. The van der Waals surface area contributed by atoms with E-state index >= 15 is 0 Å². The lowest BCUT2D eigenvalue weighted by Crippen LogP contribution is -2.42. The highest BCUT2D eigenvalue weighted by atomic mass is 32.2. The summed E-state index contributed by atoms with van der Waals surface area (Å²) < 4.78 is 40.7. The molecule has 2 unspecified atom stereocenters. The minimum Gasteiger partial charge on any atom is -0.391 e. The average Bonchev–Trinajstić information content (AvgIpc) is 2.57. The Bertz CT molecular complexity index is 574. The summed E-state index contributed by atoms with van der Waals surface area (Å²) >= 11 is 0. The molecular weight excluding hydrogens is 281 g/mol. The van der Waals surface area contributed by atoms with E-state index in [1.807, 2.05) is 0 Å². The van der Waals surface area contributed by atoms with Crippen LogP contribution in [0.1, 0.15) is 37.7 Å². The van der Waals surface area contributed by atoms with Gasteiger partial charge < -0.3 is 5.11 Å². The van der Waals surface area contributed by atoms with Crippen LogP contribution in [0, 0.1) is 12.7 Å². The van der Waals surface area contributed by atoms with Crippen LogP contribution in [0.5, 0.6) is 0 Å². The molecular formula is C14H20FNO3S. The van der Waals surface area contributed by atoms with Crippen LogP contribution >= 0.6 is 0 Å². The molecule has 2 atom stereocenters. The first kappa shape index (κ1) is 15.4. The number of nitrogens with one attached hydrogen (secondary N) is 1. The second kappa shape index (κ2) is 6.20. The third kappa shape index (κ3) is 3.56. The molecule has 1 fully saturated rings. The van der Waals surface area contributed by atoms with Gasteiger partial charge in [-0.15, -0.1) is 0 Å². The van der Waals surface area contributed by atoms with Crippen LogP contribution in [-0.2, 0) is 10.0 Å². The molecule has 0 saturated heterocycles. The summed E-state index contributed by atoms with van der Waals surface area (Å²) in [6.45, 7) is 1.71. The maximum absolute atomic E-state index is 13.7. The molecule has 0 aliphatic heterocycles. The van der Waals surface area contributed by atoms with Crippen LogP contribution in [0.15, 0.2) is 23.1 Å². The number of aliphatic hydroxyl groups is 1. The highest BCUT2D eigenvalue weighted by Gasteiger charge is 2.28. The Kier molecular flexibility index (Phi) is 4.78. The fourth-order valence-corrected chi connectivity index (χ4v) is 3.97. The molecule has 0 amide bonds. The molecule has 1 aliphatic carbocycles. The fraction of sp³-hybridized carbons (Fsp3) is 0.571. The van der Waals surface area contributed by atoms with Gasteiger partial charge >= 0.3 is 0 Å².